The predicted octanol–water partition coefficient (Wildman–Crippen LogP) is -5.56. The number of carboxylic acid groups (broad SMARTS) is 1. The van der Waals surface area contributed by atoms with Crippen molar-refractivity contribution in [2.45, 2.75) is 101 Å². The smallest absolute Gasteiger partial charge is 0.326 e. The van der Waals surface area contributed by atoms with Gasteiger partial charge >= 0.3 is 5.97 Å². The lowest BCUT2D eigenvalue weighted by Crippen LogP contribution is -2.61. The highest BCUT2D eigenvalue weighted by molar-refractivity contribution is 7.80. The molecular weight excluding hydrogens is 666 g/mol. The number of rotatable bonds is 26. The molecule has 0 rings (SSSR count). The van der Waals surface area contributed by atoms with Crippen LogP contribution in [0.1, 0.15) is 58.3 Å². The molecule has 0 saturated carbocycles. The number of hydrogen-bond acceptors (Lipinski definition) is 13. The first-order valence-electron chi connectivity index (χ1n) is 16.0. The number of hydrogen-bond donors (Lipinski definition) is 14. The van der Waals surface area contributed by atoms with Gasteiger partial charge in [-0.05, 0) is 65.0 Å². The number of nitrogens with zero attached hydrogens (tertiary/aromatic N) is 1. The number of aliphatic hydroxyl groups is 2. The van der Waals surface area contributed by atoms with E-state index in [-0.39, 0.29) is 44.1 Å². The molecule has 0 aliphatic carbocycles. The lowest BCUT2D eigenvalue weighted by molar-refractivity contribution is -0.142. The van der Waals surface area contributed by atoms with Crippen LogP contribution in [0.25, 0.3) is 0 Å². The number of carbonyl (C=O) groups excluding carboxylic acids is 5. The molecule has 0 unspecified atom stereocenters. The van der Waals surface area contributed by atoms with Crippen molar-refractivity contribution in [3.8, 4) is 0 Å². The van der Waals surface area contributed by atoms with Crippen LogP contribution in [-0.2, 0) is 28.8 Å². The Bertz CT molecular complexity index is 1100. The Kier molecular flexibility index (Phi) is 23.3. The van der Waals surface area contributed by atoms with Crippen LogP contribution in [0.15, 0.2) is 4.99 Å². The quantitative estimate of drug-likeness (QED) is 0.0171. The maximum absolute atomic E-state index is 13.3. The fraction of sp³-hybridized carbons (Fsp3) is 0.750. The van der Waals surface area contributed by atoms with Gasteiger partial charge < -0.3 is 70.6 Å². The Morgan fingerprint density at radius 1 is 0.694 bits per heavy atom. The van der Waals surface area contributed by atoms with Crippen molar-refractivity contribution >= 4 is 54.1 Å². The van der Waals surface area contributed by atoms with E-state index in [1.54, 1.807) is 0 Å². The number of aliphatic imine (C=N–C) groups is 1. The fourth-order valence-corrected chi connectivity index (χ4v) is 4.55. The van der Waals surface area contributed by atoms with E-state index >= 15 is 0 Å². The van der Waals surface area contributed by atoms with Crippen molar-refractivity contribution in [2.24, 2.45) is 33.7 Å². The molecule has 0 fully saturated rings. The largest absolute Gasteiger partial charge is 0.480 e. The van der Waals surface area contributed by atoms with Crippen molar-refractivity contribution in [1.82, 2.24) is 26.6 Å². The SMILES string of the molecule is C[C@@H](O)[C@H](NC(=O)[C@@H](N)CCCCN)C(=O)N[C@@H](CCCCN)C(=O)N[C@@H](CO)C(=O)N[C@@H](CS)C(=O)N[C@@H](CCCN=C(N)N)C(=O)O. The highest BCUT2D eigenvalue weighted by atomic mass is 32.1. The summed E-state index contributed by atoms with van der Waals surface area (Å²) in [6, 6.07) is -8.05. The molecule has 0 bridgehead atoms. The van der Waals surface area contributed by atoms with E-state index in [0.717, 1.165) is 0 Å². The molecule has 0 aliphatic rings. The van der Waals surface area contributed by atoms with Crippen molar-refractivity contribution < 1.29 is 44.1 Å². The third-order valence-corrected chi connectivity index (χ3v) is 7.50. The Labute approximate surface area is 290 Å². The number of aliphatic carboxylic acids is 1. The van der Waals surface area contributed by atoms with Crippen molar-refractivity contribution in [2.75, 3.05) is 32.0 Å². The van der Waals surface area contributed by atoms with Gasteiger partial charge in [-0.3, -0.25) is 29.0 Å². The maximum atomic E-state index is 13.3. The van der Waals surface area contributed by atoms with Gasteiger partial charge in [0, 0.05) is 12.3 Å². The van der Waals surface area contributed by atoms with Gasteiger partial charge in [0.2, 0.25) is 29.5 Å². The van der Waals surface area contributed by atoms with Crippen LogP contribution < -0.4 is 55.3 Å². The molecule has 0 aliphatic heterocycles. The summed E-state index contributed by atoms with van der Waals surface area (Å²) in [7, 11) is 0. The molecule has 282 valence electrons. The van der Waals surface area contributed by atoms with E-state index < -0.39 is 84.5 Å². The molecule has 0 aromatic rings. The van der Waals surface area contributed by atoms with Crippen molar-refractivity contribution in [3.05, 3.63) is 0 Å². The van der Waals surface area contributed by atoms with E-state index in [4.69, 9.17) is 28.7 Å². The topological polar surface area (TPSA) is 366 Å². The lowest BCUT2D eigenvalue weighted by atomic mass is 10.0. The Balaban J connectivity index is 5.63. The summed E-state index contributed by atoms with van der Waals surface area (Å²) >= 11 is 4.05. The number of carbonyl (C=O) groups is 6. The highest BCUT2D eigenvalue weighted by Crippen LogP contribution is 2.06. The molecule has 5 amide bonds. The van der Waals surface area contributed by atoms with E-state index in [1.165, 1.54) is 6.92 Å². The van der Waals surface area contributed by atoms with Gasteiger partial charge in [0.25, 0.3) is 0 Å². The third-order valence-electron chi connectivity index (χ3n) is 7.14. The van der Waals surface area contributed by atoms with Crippen LogP contribution in [0.5, 0.6) is 0 Å². The van der Waals surface area contributed by atoms with E-state index in [0.29, 0.717) is 38.6 Å². The standard InChI is InChI=1S/C28H55N11O9S/c1-15(41)21(39-22(42)16(31)7-2-4-10-29)26(46)35-17(8-3-5-11-30)23(43)37-19(13-40)24(44)38-20(14-49)25(45)36-18(27(47)48)9-6-12-34-28(32)33/h15-21,40-41,49H,2-14,29-31H2,1H3,(H,35,46)(H,36,45)(H,37,43)(H,38,44)(H,39,42)(H,47,48)(H4,32,33,34)/t15-,16+,17+,18+,19+,20+,21+/m1/s1. The van der Waals surface area contributed by atoms with E-state index in [2.05, 4.69) is 44.2 Å². The van der Waals surface area contributed by atoms with Gasteiger partial charge in [-0.25, -0.2) is 4.79 Å². The average molecular weight is 722 g/mol. The number of carboxylic acids is 1. The molecule has 7 atom stereocenters. The summed E-state index contributed by atoms with van der Waals surface area (Å²) in [5, 5.41) is 41.4. The number of unbranched alkanes of at least 4 members (excludes halogenated alkanes) is 2. The van der Waals surface area contributed by atoms with Gasteiger partial charge in [0.15, 0.2) is 5.96 Å². The summed E-state index contributed by atoms with van der Waals surface area (Å²) in [4.78, 5) is 80.2. The van der Waals surface area contributed by atoms with Crippen LogP contribution in [0.3, 0.4) is 0 Å². The lowest BCUT2D eigenvalue weighted by Gasteiger charge is -2.27. The molecule has 21 heteroatoms. The predicted molar refractivity (Wildman–Crippen MR) is 184 cm³/mol. The molecular formula is C28H55N11O9S. The summed E-state index contributed by atoms with van der Waals surface area (Å²) < 4.78 is 0. The number of aliphatic hydroxyl groups excluding tert-OH is 2. The Morgan fingerprint density at radius 2 is 1.18 bits per heavy atom. The maximum Gasteiger partial charge on any atom is 0.326 e. The van der Waals surface area contributed by atoms with Crippen molar-refractivity contribution in [3.63, 3.8) is 0 Å². The summed E-state index contributed by atoms with van der Waals surface area (Å²) in [6.45, 7) is 1.17. The van der Waals surface area contributed by atoms with Gasteiger partial charge in [-0.15, -0.1) is 0 Å². The Hall–Kier alpha value is -3.76. The second-order valence-electron chi connectivity index (χ2n) is 11.3. The molecule has 0 saturated heterocycles. The van der Waals surface area contributed by atoms with Gasteiger partial charge in [0.1, 0.15) is 30.2 Å². The van der Waals surface area contributed by atoms with Gasteiger partial charge in [0.05, 0.1) is 18.8 Å². The minimum atomic E-state index is -1.61. The minimum absolute atomic E-state index is 0.0289. The van der Waals surface area contributed by atoms with Crippen LogP contribution in [-0.4, -0.2) is 131 Å². The molecule has 49 heavy (non-hydrogen) atoms. The van der Waals surface area contributed by atoms with Crippen LogP contribution in [0, 0.1) is 0 Å². The number of thiol groups is 1. The molecule has 18 N–H and O–H groups in total. The minimum Gasteiger partial charge on any atom is -0.480 e. The van der Waals surface area contributed by atoms with Gasteiger partial charge in [-0.1, -0.05) is 6.42 Å². The Morgan fingerprint density at radius 3 is 1.69 bits per heavy atom. The molecule has 0 radical (unpaired) electrons. The first kappa shape index (κ1) is 45.2. The number of nitrogens with two attached hydrogens (primary N) is 5. The normalized spacial score (nSPS) is 15.2. The second kappa shape index (κ2) is 25.2. The number of amides is 5. The summed E-state index contributed by atoms with van der Waals surface area (Å²) in [5.74, 6) is -6.18. The summed E-state index contributed by atoms with van der Waals surface area (Å²) in [6.07, 6.45) is 1.20. The third kappa shape index (κ3) is 18.5. The zero-order valence-electron chi connectivity index (χ0n) is 27.8. The zero-order valence-corrected chi connectivity index (χ0v) is 28.7. The van der Waals surface area contributed by atoms with E-state index in [9.17, 15) is 44.1 Å². The van der Waals surface area contributed by atoms with Crippen LogP contribution >= 0.6 is 12.6 Å². The zero-order chi connectivity index (χ0) is 37.5. The monoisotopic (exact) mass is 721 g/mol. The number of guanidine groups is 1. The average Bonchev–Trinajstić information content (AvgIpc) is 3.04. The fourth-order valence-electron chi connectivity index (χ4n) is 4.29. The molecule has 0 spiro atoms. The first-order valence-corrected chi connectivity index (χ1v) is 16.6. The molecule has 0 aromatic heterocycles. The number of nitrogens with one attached hydrogen (secondary N) is 5. The van der Waals surface area contributed by atoms with Gasteiger partial charge in [-0.2, -0.15) is 12.6 Å². The van der Waals surface area contributed by atoms with Crippen LogP contribution in [0.2, 0.25) is 0 Å². The van der Waals surface area contributed by atoms with Crippen molar-refractivity contribution in [1.29, 1.82) is 0 Å². The highest BCUT2D eigenvalue weighted by Gasteiger charge is 2.33. The van der Waals surface area contributed by atoms with E-state index in [1.807, 2.05) is 0 Å². The molecule has 0 aromatic carbocycles. The first-order chi connectivity index (χ1) is 23.1. The summed E-state index contributed by atoms with van der Waals surface area (Å²) in [5.41, 5.74) is 27.4. The second-order valence-corrected chi connectivity index (χ2v) is 11.7. The van der Waals surface area contributed by atoms with Crippen LogP contribution in [0.4, 0.5) is 0 Å². The molecule has 0 heterocycles. The molecule has 20 nitrogen and oxygen atoms in total.